The zero-order valence-electron chi connectivity index (χ0n) is 18.9. The van der Waals surface area contributed by atoms with Crippen LogP contribution in [0, 0.1) is 6.92 Å². The van der Waals surface area contributed by atoms with Crippen LogP contribution in [0.25, 0.3) is 10.2 Å². The molecule has 1 atom stereocenters. The number of benzene rings is 1. The van der Waals surface area contributed by atoms with E-state index < -0.39 is 16.1 Å². The number of fused-ring (bicyclic) bond motifs is 1. The number of halogens is 1. The lowest BCUT2D eigenvalue weighted by atomic mass is 10.2. The maximum atomic E-state index is 13.8. The lowest BCUT2D eigenvalue weighted by Gasteiger charge is -2.28. The zero-order valence-corrected chi connectivity index (χ0v) is 22.2. The number of anilines is 1. The van der Waals surface area contributed by atoms with Crippen LogP contribution in [0.15, 0.2) is 39.9 Å². The summed E-state index contributed by atoms with van der Waals surface area (Å²) >= 11 is 2.67. The van der Waals surface area contributed by atoms with Crippen molar-refractivity contribution < 1.29 is 13.2 Å². The molecule has 0 aliphatic carbocycles. The summed E-state index contributed by atoms with van der Waals surface area (Å²) in [6.45, 7) is 3.70. The quantitative estimate of drug-likeness (QED) is 0.437. The van der Waals surface area contributed by atoms with Crippen molar-refractivity contribution in [2.45, 2.75) is 36.4 Å². The molecular weight excluding hydrogens is 500 g/mol. The van der Waals surface area contributed by atoms with Gasteiger partial charge in [0.2, 0.25) is 5.91 Å². The van der Waals surface area contributed by atoms with E-state index >= 15 is 0 Å². The van der Waals surface area contributed by atoms with Crippen LogP contribution < -0.4 is 4.90 Å². The Morgan fingerprint density at radius 1 is 1.21 bits per heavy atom. The highest BCUT2D eigenvalue weighted by Gasteiger charge is 2.42. The number of amides is 1. The molecule has 1 aliphatic heterocycles. The number of aryl methyl sites for hydroxylation is 1. The van der Waals surface area contributed by atoms with Crippen LogP contribution in [-0.4, -0.2) is 68.3 Å². The van der Waals surface area contributed by atoms with Gasteiger partial charge in [-0.3, -0.25) is 9.69 Å². The van der Waals surface area contributed by atoms with E-state index in [1.54, 1.807) is 22.4 Å². The predicted molar refractivity (Wildman–Crippen MR) is 138 cm³/mol. The van der Waals surface area contributed by atoms with Crippen LogP contribution in [0.4, 0.5) is 5.13 Å². The minimum absolute atomic E-state index is 0. The van der Waals surface area contributed by atoms with Crippen LogP contribution in [-0.2, 0) is 14.8 Å². The van der Waals surface area contributed by atoms with Crippen molar-refractivity contribution in [3.8, 4) is 0 Å². The SMILES string of the molecule is Cc1cccc2sc(N(CCCN(C)C)C(=O)C3CCCN3S(=O)(=O)c3cccs3)nc12.Cl. The molecule has 1 saturated heterocycles. The molecule has 4 rings (SSSR count). The average Bonchev–Trinajstić information content (AvgIpc) is 3.51. The number of carbonyl (C=O) groups excluding carboxylic acids is 1. The monoisotopic (exact) mass is 528 g/mol. The zero-order chi connectivity index (χ0) is 22.9. The molecule has 0 radical (unpaired) electrons. The van der Waals surface area contributed by atoms with Gasteiger partial charge in [-0.1, -0.05) is 29.5 Å². The van der Waals surface area contributed by atoms with Crippen LogP contribution >= 0.6 is 35.1 Å². The molecule has 33 heavy (non-hydrogen) atoms. The number of sulfonamides is 1. The first-order valence-corrected chi connectivity index (χ1v) is 13.8. The van der Waals surface area contributed by atoms with Gasteiger partial charge in [-0.25, -0.2) is 13.4 Å². The summed E-state index contributed by atoms with van der Waals surface area (Å²) < 4.78 is 29.1. The number of rotatable bonds is 8. The molecule has 7 nitrogen and oxygen atoms in total. The molecule has 0 saturated carbocycles. The van der Waals surface area contributed by atoms with E-state index in [0.29, 0.717) is 31.1 Å². The van der Waals surface area contributed by atoms with E-state index in [1.807, 2.05) is 39.2 Å². The number of aromatic nitrogens is 1. The van der Waals surface area contributed by atoms with Crippen LogP contribution in [0.1, 0.15) is 24.8 Å². The summed E-state index contributed by atoms with van der Waals surface area (Å²) in [5.74, 6) is -0.182. The second kappa shape index (κ2) is 10.8. The molecule has 2 aromatic heterocycles. The Kier molecular flexibility index (Phi) is 8.52. The minimum Gasteiger partial charge on any atom is -0.309 e. The molecule has 1 aromatic carbocycles. The Labute approximate surface area is 209 Å². The maximum absolute atomic E-state index is 13.8. The van der Waals surface area contributed by atoms with Crippen LogP contribution in [0.2, 0.25) is 0 Å². The van der Waals surface area contributed by atoms with Gasteiger partial charge in [-0.05, 0) is 69.9 Å². The number of carbonyl (C=O) groups is 1. The van der Waals surface area contributed by atoms with Gasteiger partial charge in [0.1, 0.15) is 10.3 Å². The van der Waals surface area contributed by atoms with Crippen molar-refractivity contribution in [2.24, 2.45) is 0 Å². The number of para-hydroxylation sites is 1. The number of hydrogen-bond donors (Lipinski definition) is 0. The Morgan fingerprint density at radius 3 is 2.67 bits per heavy atom. The van der Waals surface area contributed by atoms with Crippen molar-refractivity contribution in [3.63, 3.8) is 0 Å². The van der Waals surface area contributed by atoms with E-state index in [-0.39, 0.29) is 22.5 Å². The first kappa shape index (κ1) is 26.1. The number of thiazole rings is 1. The fourth-order valence-electron chi connectivity index (χ4n) is 4.02. The topological polar surface area (TPSA) is 73.8 Å². The van der Waals surface area contributed by atoms with Crippen molar-refractivity contribution in [2.75, 3.05) is 38.6 Å². The maximum Gasteiger partial charge on any atom is 0.253 e. The normalized spacial score (nSPS) is 16.9. The van der Waals surface area contributed by atoms with Crippen molar-refractivity contribution in [3.05, 3.63) is 41.3 Å². The van der Waals surface area contributed by atoms with Gasteiger partial charge in [0.25, 0.3) is 10.0 Å². The highest BCUT2D eigenvalue weighted by atomic mass is 35.5. The molecule has 11 heteroatoms. The number of thiophene rings is 1. The van der Waals surface area contributed by atoms with Gasteiger partial charge >= 0.3 is 0 Å². The number of nitrogens with zero attached hydrogens (tertiary/aromatic N) is 4. The van der Waals surface area contributed by atoms with E-state index in [4.69, 9.17) is 4.98 Å². The molecule has 0 bridgehead atoms. The van der Waals surface area contributed by atoms with Gasteiger partial charge in [-0.2, -0.15) is 4.31 Å². The fraction of sp³-hybridized carbons (Fsp3) is 0.455. The highest BCUT2D eigenvalue weighted by Crippen LogP contribution is 2.34. The fourth-order valence-corrected chi connectivity index (χ4v) is 7.86. The molecule has 3 heterocycles. The second-order valence-electron chi connectivity index (χ2n) is 8.27. The molecule has 1 unspecified atom stereocenters. The van der Waals surface area contributed by atoms with Gasteiger partial charge in [0.15, 0.2) is 5.13 Å². The summed E-state index contributed by atoms with van der Waals surface area (Å²) in [6, 6.07) is 8.64. The summed E-state index contributed by atoms with van der Waals surface area (Å²) in [6.07, 6.45) is 1.97. The summed E-state index contributed by atoms with van der Waals surface area (Å²) in [5, 5.41) is 2.38. The summed E-state index contributed by atoms with van der Waals surface area (Å²) in [5.41, 5.74) is 1.96. The van der Waals surface area contributed by atoms with E-state index in [2.05, 4.69) is 4.90 Å². The van der Waals surface area contributed by atoms with Crippen molar-refractivity contribution >= 4 is 66.4 Å². The largest absolute Gasteiger partial charge is 0.309 e. The van der Waals surface area contributed by atoms with Gasteiger partial charge < -0.3 is 4.90 Å². The standard InChI is InChI=1S/C22H28N4O3S3.ClH/c1-16-8-4-10-18-20(16)23-22(31-18)25(13-7-12-24(2)3)21(27)17-9-5-14-26(17)32(28,29)19-11-6-15-30-19;/h4,6,8,10-11,15,17H,5,7,9,12-14H2,1-3H3;1H. The molecule has 180 valence electrons. The molecule has 1 amide bonds. The second-order valence-corrected chi connectivity index (χ2v) is 12.3. The summed E-state index contributed by atoms with van der Waals surface area (Å²) in [7, 11) is 0.308. The lowest BCUT2D eigenvalue weighted by molar-refractivity contribution is -0.121. The van der Waals surface area contributed by atoms with Gasteiger partial charge in [0.05, 0.1) is 10.2 Å². The number of hydrogen-bond acceptors (Lipinski definition) is 7. The first-order valence-electron chi connectivity index (χ1n) is 10.7. The van der Waals surface area contributed by atoms with Crippen LogP contribution in [0.5, 0.6) is 0 Å². The molecular formula is C22H29ClN4O3S3. The van der Waals surface area contributed by atoms with Gasteiger partial charge in [0, 0.05) is 13.1 Å². The van der Waals surface area contributed by atoms with Crippen molar-refractivity contribution in [1.29, 1.82) is 0 Å². The third kappa shape index (κ3) is 5.41. The Morgan fingerprint density at radius 2 is 2.00 bits per heavy atom. The first-order chi connectivity index (χ1) is 15.3. The minimum atomic E-state index is -3.69. The van der Waals surface area contributed by atoms with Gasteiger partial charge in [-0.15, -0.1) is 23.7 Å². The third-order valence-electron chi connectivity index (χ3n) is 5.64. The van der Waals surface area contributed by atoms with E-state index in [0.717, 1.165) is 28.7 Å². The molecule has 1 aliphatic rings. The Balaban J connectivity index is 0.00000306. The molecule has 1 fully saturated rings. The summed E-state index contributed by atoms with van der Waals surface area (Å²) in [4.78, 5) is 22.4. The smallest absolute Gasteiger partial charge is 0.253 e. The molecule has 0 N–H and O–H groups in total. The predicted octanol–water partition coefficient (Wildman–Crippen LogP) is 4.23. The average molecular weight is 529 g/mol. The van der Waals surface area contributed by atoms with E-state index in [9.17, 15) is 13.2 Å². The Bertz CT molecular complexity index is 1190. The Hall–Kier alpha value is -1.56. The van der Waals surface area contributed by atoms with E-state index in [1.165, 1.54) is 27.0 Å². The van der Waals surface area contributed by atoms with Crippen molar-refractivity contribution in [1.82, 2.24) is 14.2 Å². The lowest BCUT2D eigenvalue weighted by Crippen LogP contribution is -2.48. The van der Waals surface area contributed by atoms with Crippen LogP contribution in [0.3, 0.4) is 0 Å². The third-order valence-corrected chi connectivity index (χ3v) is 9.97. The molecule has 3 aromatic rings. The highest BCUT2D eigenvalue weighted by molar-refractivity contribution is 7.91. The molecule has 0 spiro atoms.